The normalized spacial score (nSPS) is 17.8. The van der Waals surface area contributed by atoms with Gasteiger partial charge in [0.25, 0.3) is 0 Å². The van der Waals surface area contributed by atoms with Gasteiger partial charge in [0.15, 0.2) is 17.3 Å². The quantitative estimate of drug-likeness (QED) is 0.722. The highest BCUT2D eigenvalue weighted by Crippen LogP contribution is 2.34. The highest BCUT2D eigenvalue weighted by atomic mass is 16.5. The SMILES string of the molecule is CCCOc1cc(-c2nc(C(C)O)cc([C@@H]3COB(O)C3)n2)ccc1OC. The van der Waals surface area contributed by atoms with Gasteiger partial charge in [-0.05, 0) is 43.9 Å². The number of aliphatic hydroxyl groups excluding tert-OH is 1. The molecule has 0 bridgehead atoms. The van der Waals surface area contributed by atoms with Crippen LogP contribution in [0.1, 0.15) is 43.7 Å². The lowest BCUT2D eigenvalue weighted by atomic mass is 9.81. The van der Waals surface area contributed by atoms with Crippen LogP contribution in [-0.2, 0) is 4.65 Å². The fourth-order valence-corrected chi connectivity index (χ4v) is 2.99. The Labute approximate surface area is 159 Å². The summed E-state index contributed by atoms with van der Waals surface area (Å²) < 4.78 is 16.4. The summed E-state index contributed by atoms with van der Waals surface area (Å²) in [5, 5.41) is 19.7. The summed E-state index contributed by atoms with van der Waals surface area (Å²) in [4.78, 5) is 9.18. The molecule has 2 N–H and O–H groups in total. The van der Waals surface area contributed by atoms with Crippen LogP contribution in [0.5, 0.6) is 11.5 Å². The number of hydrogen-bond donors (Lipinski definition) is 2. The lowest BCUT2D eigenvalue weighted by molar-refractivity contribution is 0.194. The molecule has 2 heterocycles. The van der Waals surface area contributed by atoms with E-state index in [-0.39, 0.29) is 5.92 Å². The first-order valence-electron chi connectivity index (χ1n) is 9.19. The lowest BCUT2D eigenvalue weighted by Gasteiger charge is -2.15. The Kier molecular flexibility index (Phi) is 6.31. The van der Waals surface area contributed by atoms with Crippen molar-refractivity contribution in [3.8, 4) is 22.9 Å². The number of aliphatic hydroxyl groups is 1. The zero-order chi connectivity index (χ0) is 19.4. The molecule has 1 fully saturated rings. The molecule has 0 saturated carbocycles. The zero-order valence-corrected chi connectivity index (χ0v) is 15.9. The first-order valence-corrected chi connectivity index (χ1v) is 9.19. The van der Waals surface area contributed by atoms with E-state index in [4.69, 9.17) is 14.1 Å². The lowest BCUT2D eigenvalue weighted by Crippen LogP contribution is -2.09. The van der Waals surface area contributed by atoms with E-state index >= 15 is 0 Å². The molecule has 1 aromatic carbocycles. The molecule has 8 heteroatoms. The summed E-state index contributed by atoms with van der Waals surface area (Å²) in [7, 11) is 0.820. The van der Waals surface area contributed by atoms with E-state index in [1.807, 2.05) is 25.1 Å². The number of nitrogens with zero attached hydrogens (tertiary/aromatic N) is 2. The van der Waals surface area contributed by atoms with Gasteiger partial charge in [-0.15, -0.1) is 0 Å². The van der Waals surface area contributed by atoms with Crippen LogP contribution in [0.25, 0.3) is 11.4 Å². The Hall–Kier alpha value is -2.16. The number of benzene rings is 1. The van der Waals surface area contributed by atoms with E-state index in [1.54, 1.807) is 20.1 Å². The molecule has 0 radical (unpaired) electrons. The maximum atomic E-state index is 10.1. The van der Waals surface area contributed by atoms with Gasteiger partial charge in [0.05, 0.1) is 25.5 Å². The van der Waals surface area contributed by atoms with Crippen LogP contribution in [-0.4, -0.2) is 47.5 Å². The molecule has 2 aromatic rings. The molecule has 0 aliphatic carbocycles. The molecule has 3 rings (SSSR count). The van der Waals surface area contributed by atoms with Crippen LogP contribution >= 0.6 is 0 Å². The van der Waals surface area contributed by atoms with Gasteiger partial charge in [-0.1, -0.05) is 6.92 Å². The highest BCUT2D eigenvalue weighted by Gasteiger charge is 2.31. The molecule has 0 amide bonds. The predicted octanol–water partition coefficient (Wildman–Crippen LogP) is 2.59. The molecular formula is C19H25BN2O5. The molecule has 1 unspecified atom stereocenters. The van der Waals surface area contributed by atoms with Crippen LogP contribution in [0.4, 0.5) is 0 Å². The van der Waals surface area contributed by atoms with E-state index in [2.05, 4.69) is 9.97 Å². The Morgan fingerprint density at radius 1 is 1.30 bits per heavy atom. The largest absolute Gasteiger partial charge is 0.493 e. The summed E-state index contributed by atoms with van der Waals surface area (Å²) >= 11 is 0. The monoisotopic (exact) mass is 372 g/mol. The minimum absolute atomic E-state index is 0.0340. The van der Waals surface area contributed by atoms with Crippen LogP contribution in [0.3, 0.4) is 0 Å². The summed E-state index contributed by atoms with van der Waals surface area (Å²) in [5.74, 6) is 1.73. The molecule has 1 saturated heterocycles. The Morgan fingerprint density at radius 3 is 2.74 bits per heavy atom. The second-order valence-corrected chi connectivity index (χ2v) is 6.65. The number of rotatable bonds is 7. The second-order valence-electron chi connectivity index (χ2n) is 6.65. The Morgan fingerprint density at radius 2 is 2.11 bits per heavy atom. The Bertz CT molecular complexity index is 787. The minimum atomic E-state index is -0.779. The molecule has 1 aliphatic heterocycles. The maximum Gasteiger partial charge on any atom is 0.454 e. The number of ether oxygens (including phenoxy) is 2. The fraction of sp³-hybridized carbons (Fsp3) is 0.474. The van der Waals surface area contributed by atoms with Gasteiger partial charge in [0, 0.05) is 23.8 Å². The average molecular weight is 372 g/mol. The molecule has 2 atom stereocenters. The Balaban J connectivity index is 2.01. The number of aromatic nitrogens is 2. The van der Waals surface area contributed by atoms with Crippen molar-refractivity contribution >= 4 is 7.12 Å². The van der Waals surface area contributed by atoms with Crippen molar-refractivity contribution in [1.29, 1.82) is 0 Å². The first kappa shape index (κ1) is 19.6. The molecule has 144 valence electrons. The van der Waals surface area contributed by atoms with Gasteiger partial charge in [0.2, 0.25) is 0 Å². The third-order valence-corrected chi connectivity index (χ3v) is 4.47. The molecule has 1 aromatic heterocycles. The van der Waals surface area contributed by atoms with Crippen molar-refractivity contribution in [2.45, 2.75) is 38.6 Å². The third-order valence-electron chi connectivity index (χ3n) is 4.47. The molecule has 7 nitrogen and oxygen atoms in total. The van der Waals surface area contributed by atoms with Crippen molar-refractivity contribution in [3.05, 3.63) is 35.7 Å². The zero-order valence-electron chi connectivity index (χ0n) is 15.9. The molecule has 27 heavy (non-hydrogen) atoms. The molecular weight excluding hydrogens is 347 g/mol. The van der Waals surface area contributed by atoms with Gasteiger partial charge in [0.1, 0.15) is 0 Å². The topological polar surface area (TPSA) is 93.9 Å². The van der Waals surface area contributed by atoms with Crippen LogP contribution in [0.2, 0.25) is 6.32 Å². The third kappa shape index (κ3) is 4.58. The van der Waals surface area contributed by atoms with Crippen molar-refractivity contribution in [2.24, 2.45) is 0 Å². The minimum Gasteiger partial charge on any atom is -0.493 e. The summed E-state index contributed by atoms with van der Waals surface area (Å²) in [6.07, 6.45) is 0.630. The van der Waals surface area contributed by atoms with E-state index < -0.39 is 13.2 Å². The second kappa shape index (κ2) is 8.69. The van der Waals surface area contributed by atoms with Crippen LogP contribution in [0.15, 0.2) is 24.3 Å². The average Bonchev–Trinajstić information content (AvgIpc) is 3.12. The smallest absolute Gasteiger partial charge is 0.454 e. The number of methoxy groups -OCH3 is 1. The van der Waals surface area contributed by atoms with Gasteiger partial charge < -0.3 is 24.3 Å². The molecule has 1 aliphatic rings. The van der Waals surface area contributed by atoms with E-state index in [0.717, 1.165) is 17.7 Å². The van der Waals surface area contributed by atoms with E-state index in [1.165, 1.54) is 0 Å². The van der Waals surface area contributed by atoms with Crippen molar-refractivity contribution < 1.29 is 24.3 Å². The van der Waals surface area contributed by atoms with Gasteiger partial charge >= 0.3 is 7.12 Å². The summed E-state index contributed by atoms with van der Waals surface area (Å²) in [6.45, 7) is 4.68. The van der Waals surface area contributed by atoms with Gasteiger partial charge in [-0.3, -0.25) is 0 Å². The summed E-state index contributed by atoms with van der Waals surface area (Å²) in [6, 6.07) is 7.31. The highest BCUT2D eigenvalue weighted by molar-refractivity contribution is 6.43. The predicted molar refractivity (Wildman–Crippen MR) is 102 cm³/mol. The van der Waals surface area contributed by atoms with E-state index in [0.29, 0.717) is 42.6 Å². The standard InChI is InChI=1S/C19H25BN2O5/c1-4-7-26-18-8-13(5-6-17(18)25-3)19-21-15(12(2)23)9-16(22-19)14-10-20(24)27-11-14/h5-6,8-9,12,14,23-24H,4,7,10-11H2,1-3H3/t12?,14-/m0/s1. The number of hydrogen-bond acceptors (Lipinski definition) is 7. The van der Waals surface area contributed by atoms with Gasteiger partial charge in [-0.25, -0.2) is 9.97 Å². The maximum absolute atomic E-state index is 10.1. The van der Waals surface area contributed by atoms with Crippen molar-refractivity contribution in [1.82, 2.24) is 9.97 Å². The van der Waals surface area contributed by atoms with Crippen molar-refractivity contribution in [3.63, 3.8) is 0 Å². The van der Waals surface area contributed by atoms with Crippen molar-refractivity contribution in [2.75, 3.05) is 20.3 Å². The van der Waals surface area contributed by atoms with Gasteiger partial charge in [-0.2, -0.15) is 0 Å². The summed E-state index contributed by atoms with van der Waals surface area (Å²) in [5.41, 5.74) is 2.05. The van der Waals surface area contributed by atoms with Crippen LogP contribution in [0, 0.1) is 0 Å². The van der Waals surface area contributed by atoms with E-state index in [9.17, 15) is 10.1 Å². The first-order chi connectivity index (χ1) is 13.0. The molecule has 0 spiro atoms. The van der Waals surface area contributed by atoms with Crippen LogP contribution < -0.4 is 9.47 Å². The fourth-order valence-electron chi connectivity index (χ4n) is 2.99.